The van der Waals surface area contributed by atoms with Gasteiger partial charge in [0.05, 0.1) is 5.69 Å². The molecular weight excluding hydrogens is 234 g/mol. The molecule has 0 bridgehead atoms. The summed E-state index contributed by atoms with van der Waals surface area (Å²) in [6.45, 7) is 3.91. The molecule has 0 fully saturated rings. The maximum absolute atomic E-state index is 10.2. The summed E-state index contributed by atoms with van der Waals surface area (Å²) in [4.78, 5) is 4.35. The van der Waals surface area contributed by atoms with E-state index < -0.39 is 6.10 Å². The van der Waals surface area contributed by atoms with E-state index in [0.29, 0.717) is 10.7 Å². The first-order valence-corrected chi connectivity index (χ1v) is 5.83. The Labute approximate surface area is 106 Å². The van der Waals surface area contributed by atoms with Crippen molar-refractivity contribution in [3.63, 3.8) is 0 Å². The van der Waals surface area contributed by atoms with Gasteiger partial charge in [0.15, 0.2) is 0 Å². The maximum atomic E-state index is 10.2. The Hall–Kier alpha value is -1.38. The molecule has 0 aliphatic heterocycles. The van der Waals surface area contributed by atoms with Crippen LogP contribution >= 0.6 is 11.6 Å². The van der Waals surface area contributed by atoms with Gasteiger partial charge in [0.25, 0.3) is 0 Å². The highest BCUT2D eigenvalue weighted by atomic mass is 35.5. The second-order valence-electron chi connectivity index (χ2n) is 4.16. The van der Waals surface area contributed by atoms with Crippen LogP contribution in [0.15, 0.2) is 36.4 Å². The van der Waals surface area contributed by atoms with Crippen LogP contribution in [-0.4, -0.2) is 10.1 Å². The number of aryl methyl sites for hydroxylation is 2. The fourth-order valence-corrected chi connectivity index (χ4v) is 1.95. The molecule has 0 saturated carbocycles. The minimum absolute atomic E-state index is 0.661. The number of nitrogens with zero attached hydrogens (tertiary/aromatic N) is 1. The predicted molar refractivity (Wildman–Crippen MR) is 69.2 cm³/mol. The summed E-state index contributed by atoms with van der Waals surface area (Å²) in [5.41, 5.74) is 3.48. The molecule has 0 spiro atoms. The summed E-state index contributed by atoms with van der Waals surface area (Å²) in [6, 6.07) is 11.0. The van der Waals surface area contributed by atoms with E-state index in [9.17, 15) is 5.11 Å². The number of aliphatic hydroxyl groups is 1. The Morgan fingerprint density at radius 3 is 2.35 bits per heavy atom. The third kappa shape index (κ3) is 2.84. The number of rotatable bonds is 2. The molecule has 1 aromatic heterocycles. The predicted octanol–water partition coefficient (Wildman–Crippen LogP) is 3.43. The van der Waals surface area contributed by atoms with Crippen molar-refractivity contribution in [3.8, 4) is 0 Å². The summed E-state index contributed by atoms with van der Waals surface area (Å²) in [5, 5.41) is 10.9. The normalized spacial score (nSPS) is 12.5. The van der Waals surface area contributed by atoms with Gasteiger partial charge in [0, 0.05) is 10.7 Å². The summed E-state index contributed by atoms with van der Waals surface area (Å²) < 4.78 is 0. The van der Waals surface area contributed by atoms with Gasteiger partial charge in [-0.05, 0) is 49.2 Å². The number of pyridine rings is 1. The van der Waals surface area contributed by atoms with E-state index in [-0.39, 0.29) is 0 Å². The highest BCUT2D eigenvalue weighted by Gasteiger charge is 2.12. The number of aliphatic hydroxyl groups excluding tert-OH is 1. The van der Waals surface area contributed by atoms with E-state index in [1.807, 2.05) is 38.1 Å². The van der Waals surface area contributed by atoms with Gasteiger partial charge in [-0.2, -0.15) is 0 Å². The molecule has 0 amide bonds. The lowest BCUT2D eigenvalue weighted by Gasteiger charge is -2.12. The highest BCUT2D eigenvalue weighted by molar-refractivity contribution is 6.30. The van der Waals surface area contributed by atoms with Gasteiger partial charge in [0.2, 0.25) is 0 Å². The van der Waals surface area contributed by atoms with Crippen LogP contribution in [0.4, 0.5) is 0 Å². The molecule has 88 valence electrons. The minimum Gasteiger partial charge on any atom is -0.382 e. The van der Waals surface area contributed by atoms with Crippen molar-refractivity contribution in [2.45, 2.75) is 20.0 Å². The van der Waals surface area contributed by atoms with Crippen molar-refractivity contribution < 1.29 is 5.11 Å². The molecule has 1 aromatic carbocycles. The molecule has 1 unspecified atom stereocenters. The molecular formula is C14H14ClNO. The monoisotopic (exact) mass is 247 g/mol. The summed E-state index contributed by atoms with van der Waals surface area (Å²) in [6.07, 6.45) is -0.703. The largest absolute Gasteiger partial charge is 0.382 e. The van der Waals surface area contributed by atoms with Gasteiger partial charge in [-0.1, -0.05) is 23.7 Å². The first kappa shape index (κ1) is 12.1. The van der Waals surface area contributed by atoms with Crippen LogP contribution < -0.4 is 0 Å². The average Bonchev–Trinajstić information content (AvgIpc) is 2.28. The first-order valence-electron chi connectivity index (χ1n) is 5.45. The van der Waals surface area contributed by atoms with Gasteiger partial charge in [0.1, 0.15) is 6.10 Å². The van der Waals surface area contributed by atoms with Crippen LogP contribution in [0.5, 0.6) is 0 Å². The molecule has 1 atom stereocenters. The minimum atomic E-state index is -0.703. The quantitative estimate of drug-likeness (QED) is 0.882. The Kier molecular flexibility index (Phi) is 3.46. The zero-order valence-electron chi connectivity index (χ0n) is 9.81. The molecule has 0 radical (unpaired) electrons. The van der Waals surface area contributed by atoms with Crippen LogP contribution in [0.3, 0.4) is 0 Å². The zero-order chi connectivity index (χ0) is 12.4. The molecule has 0 saturated heterocycles. The van der Waals surface area contributed by atoms with E-state index in [1.54, 1.807) is 12.1 Å². The van der Waals surface area contributed by atoms with Crippen molar-refractivity contribution >= 4 is 11.6 Å². The average molecular weight is 248 g/mol. The van der Waals surface area contributed by atoms with Crippen molar-refractivity contribution in [2.75, 3.05) is 0 Å². The van der Waals surface area contributed by atoms with Crippen LogP contribution in [-0.2, 0) is 0 Å². The third-order valence-corrected chi connectivity index (χ3v) is 2.84. The fraction of sp³-hybridized carbons (Fsp3) is 0.214. The van der Waals surface area contributed by atoms with Crippen molar-refractivity contribution in [1.82, 2.24) is 4.98 Å². The number of halogens is 1. The smallest absolute Gasteiger partial charge is 0.121 e. The molecule has 1 heterocycles. The van der Waals surface area contributed by atoms with Crippen molar-refractivity contribution in [2.24, 2.45) is 0 Å². The number of aromatic nitrogens is 1. The number of hydrogen-bond donors (Lipinski definition) is 1. The van der Waals surface area contributed by atoms with Gasteiger partial charge < -0.3 is 5.11 Å². The van der Waals surface area contributed by atoms with Gasteiger partial charge >= 0.3 is 0 Å². The Balaban J connectivity index is 2.36. The summed E-state index contributed by atoms with van der Waals surface area (Å²) in [5.74, 6) is 0. The standard InChI is InChI=1S/C14H14ClNO/c1-9-7-10(2)16-13(8-9)14(17)11-3-5-12(15)6-4-11/h3-8,14,17H,1-2H3. The number of benzene rings is 1. The Morgan fingerprint density at radius 1 is 1.12 bits per heavy atom. The molecule has 3 heteroatoms. The molecule has 2 aromatic rings. The highest BCUT2D eigenvalue weighted by Crippen LogP contribution is 2.22. The lowest BCUT2D eigenvalue weighted by Crippen LogP contribution is -2.03. The van der Waals surface area contributed by atoms with E-state index in [0.717, 1.165) is 16.8 Å². The van der Waals surface area contributed by atoms with Crippen LogP contribution in [0, 0.1) is 13.8 Å². The third-order valence-electron chi connectivity index (χ3n) is 2.58. The van der Waals surface area contributed by atoms with Crippen LogP contribution in [0.25, 0.3) is 0 Å². The topological polar surface area (TPSA) is 33.1 Å². The first-order chi connectivity index (χ1) is 8.06. The molecule has 0 aliphatic rings. The zero-order valence-corrected chi connectivity index (χ0v) is 10.6. The van der Waals surface area contributed by atoms with Crippen molar-refractivity contribution in [3.05, 3.63) is 63.9 Å². The van der Waals surface area contributed by atoms with E-state index in [4.69, 9.17) is 11.6 Å². The van der Waals surface area contributed by atoms with Gasteiger partial charge in [-0.25, -0.2) is 0 Å². The fourth-order valence-electron chi connectivity index (χ4n) is 1.83. The number of hydrogen-bond acceptors (Lipinski definition) is 2. The van der Waals surface area contributed by atoms with Crippen LogP contribution in [0.1, 0.15) is 28.6 Å². The van der Waals surface area contributed by atoms with Gasteiger partial charge in [-0.15, -0.1) is 0 Å². The molecule has 2 rings (SSSR count). The Bertz CT molecular complexity index is 502. The lowest BCUT2D eigenvalue weighted by atomic mass is 10.0. The van der Waals surface area contributed by atoms with E-state index in [1.165, 1.54) is 0 Å². The second kappa shape index (κ2) is 4.86. The summed E-state index contributed by atoms with van der Waals surface area (Å²) in [7, 11) is 0. The maximum Gasteiger partial charge on any atom is 0.121 e. The SMILES string of the molecule is Cc1cc(C)nc(C(O)c2ccc(Cl)cc2)c1. The molecule has 0 aliphatic carbocycles. The lowest BCUT2D eigenvalue weighted by molar-refractivity contribution is 0.215. The summed E-state index contributed by atoms with van der Waals surface area (Å²) >= 11 is 5.82. The molecule has 2 nitrogen and oxygen atoms in total. The van der Waals surface area contributed by atoms with E-state index >= 15 is 0 Å². The van der Waals surface area contributed by atoms with Crippen molar-refractivity contribution in [1.29, 1.82) is 0 Å². The molecule has 1 N–H and O–H groups in total. The Morgan fingerprint density at radius 2 is 1.76 bits per heavy atom. The van der Waals surface area contributed by atoms with E-state index in [2.05, 4.69) is 4.98 Å². The van der Waals surface area contributed by atoms with Gasteiger partial charge in [-0.3, -0.25) is 4.98 Å². The second-order valence-corrected chi connectivity index (χ2v) is 4.60. The molecule has 17 heavy (non-hydrogen) atoms. The van der Waals surface area contributed by atoms with Crippen LogP contribution in [0.2, 0.25) is 5.02 Å².